The lowest BCUT2D eigenvalue weighted by atomic mass is 9.97. The minimum absolute atomic E-state index is 0.125. The SMILES string of the molecule is COCCCC(NC(=O)C(CN)c1ccccc1)C(=O)O. The summed E-state index contributed by atoms with van der Waals surface area (Å²) in [5, 5.41) is 11.7. The van der Waals surface area contributed by atoms with Gasteiger partial charge in [0.25, 0.3) is 0 Å². The maximum Gasteiger partial charge on any atom is 0.326 e. The maximum atomic E-state index is 12.2. The minimum Gasteiger partial charge on any atom is -0.480 e. The fourth-order valence-electron chi connectivity index (χ4n) is 2.04. The van der Waals surface area contributed by atoms with Crippen molar-refractivity contribution in [3.63, 3.8) is 0 Å². The van der Waals surface area contributed by atoms with Gasteiger partial charge >= 0.3 is 5.97 Å². The Labute approximate surface area is 124 Å². The van der Waals surface area contributed by atoms with Crippen molar-refractivity contribution in [1.29, 1.82) is 0 Å². The highest BCUT2D eigenvalue weighted by molar-refractivity contribution is 5.88. The topological polar surface area (TPSA) is 102 Å². The molecule has 2 unspecified atom stereocenters. The van der Waals surface area contributed by atoms with Gasteiger partial charge in [0.15, 0.2) is 0 Å². The fraction of sp³-hybridized carbons (Fsp3) is 0.467. The van der Waals surface area contributed by atoms with Gasteiger partial charge in [-0.1, -0.05) is 30.3 Å². The molecule has 21 heavy (non-hydrogen) atoms. The van der Waals surface area contributed by atoms with E-state index in [0.717, 1.165) is 5.56 Å². The van der Waals surface area contributed by atoms with Gasteiger partial charge in [-0.2, -0.15) is 0 Å². The number of carboxylic acid groups (broad SMARTS) is 1. The van der Waals surface area contributed by atoms with Crippen molar-refractivity contribution in [1.82, 2.24) is 5.32 Å². The molecule has 6 nitrogen and oxygen atoms in total. The molecule has 2 atom stereocenters. The van der Waals surface area contributed by atoms with E-state index in [-0.39, 0.29) is 12.5 Å². The first-order chi connectivity index (χ1) is 10.1. The predicted molar refractivity (Wildman–Crippen MR) is 78.9 cm³/mol. The van der Waals surface area contributed by atoms with Crippen LogP contribution >= 0.6 is 0 Å². The number of amides is 1. The van der Waals surface area contributed by atoms with Gasteiger partial charge in [-0.15, -0.1) is 0 Å². The zero-order valence-corrected chi connectivity index (χ0v) is 12.1. The summed E-state index contributed by atoms with van der Waals surface area (Å²) < 4.78 is 4.89. The van der Waals surface area contributed by atoms with E-state index in [4.69, 9.17) is 15.6 Å². The van der Waals surface area contributed by atoms with Crippen LogP contribution < -0.4 is 11.1 Å². The quantitative estimate of drug-likeness (QED) is 0.583. The lowest BCUT2D eigenvalue weighted by Crippen LogP contribution is -2.44. The number of benzene rings is 1. The molecule has 4 N–H and O–H groups in total. The van der Waals surface area contributed by atoms with Gasteiger partial charge in [0, 0.05) is 20.3 Å². The van der Waals surface area contributed by atoms with Crippen molar-refractivity contribution in [3.8, 4) is 0 Å². The summed E-state index contributed by atoms with van der Waals surface area (Å²) in [4.78, 5) is 23.4. The molecule has 1 aromatic rings. The predicted octanol–water partition coefficient (Wildman–Crippen LogP) is 0.725. The second kappa shape index (κ2) is 9.10. The second-order valence-electron chi connectivity index (χ2n) is 4.73. The molecule has 0 aliphatic heterocycles. The van der Waals surface area contributed by atoms with Crippen LogP contribution in [0.2, 0.25) is 0 Å². The number of carbonyl (C=O) groups excluding carboxylic acids is 1. The average Bonchev–Trinajstić information content (AvgIpc) is 2.48. The third kappa shape index (κ3) is 5.53. The Kier molecular flexibility index (Phi) is 7.42. The zero-order valence-electron chi connectivity index (χ0n) is 12.1. The number of rotatable bonds is 9. The van der Waals surface area contributed by atoms with Gasteiger partial charge in [0.2, 0.25) is 5.91 Å². The molecular formula is C15H22N2O4. The molecule has 0 saturated heterocycles. The van der Waals surface area contributed by atoms with Crippen molar-refractivity contribution in [2.24, 2.45) is 5.73 Å². The van der Waals surface area contributed by atoms with Gasteiger partial charge in [0.1, 0.15) is 6.04 Å². The molecule has 116 valence electrons. The number of carbonyl (C=O) groups is 2. The summed E-state index contributed by atoms with van der Waals surface area (Å²) in [6.07, 6.45) is 0.882. The molecule has 0 radical (unpaired) electrons. The Morgan fingerprint density at radius 2 is 2.00 bits per heavy atom. The second-order valence-corrected chi connectivity index (χ2v) is 4.73. The summed E-state index contributed by atoms with van der Waals surface area (Å²) >= 11 is 0. The van der Waals surface area contributed by atoms with Crippen LogP contribution in [0.5, 0.6) is 0 Å². The van der Waals surface area contributed by atoms with Crippen LogP contribution in [-0.4, -0.2) is 43.3 Å². The molecule has 0 saturated carbocycles. The largest absolute Gasteiger partial charge is 0.480 e. The highest BCUT2D eigenvalue weighted by Gasteiger charge is 2.25. The molecule has 0 aliphatic carbocycles. The van der Waals surface area contributed by atoms with E-state index in [1.807, 2.05) is 18.2 Å². The van der Waals surface area contributed by atoms with Gasteiger partial charge < -0.3 is 20.9 Å². The van der Waals surface area contributed by atoms with Crippen molar-refractivity contribution in [3.05, 3.63) is 35.9 Å². The molecule has 0 heterocycles. The van der Waals surface area contributed by atoms with E-state index in [1.54, 1.807) is 19.2 Å². The van der Waals surface area contributed by atoms with Crippen molar-refractivity contribution in [2.75, 3.05) is 20.3 Å². The number of ether oxygens (including phenoxy) is 1. The normalized spacial score (nSPS) is 13.4. The summed E-state index contributed by atoms with van der Waals surface area (Å²) in [5.74, 6) is -1.97. The number of hydrogen-bond acceptors (Lipinski definition) is 4. The number of methoxy groups -OCH3 is 1. The highest BCUT2D eigenvalue weighted by Crippen LogP contribution is 2.15. The molecule has 6 heteroatoms. The lowest BCUT2D eigenvalue weighted by Gasteiger charge is -2.19. The van der Waals surface area contributed by atoms with E-state index in [1.165, 1.54) is 0 Å². The van der Waals surface area contributed by atoms with Crippen LogP contribution in [0.25, 0.3) is 0 Å². The molecular weight excluding hydrogens is 272 g/mol. The van der Waals surface area contributed by atoms with Crippen LogP contribution in [-0.2, 0) is 14.3 Å². The molecule has 0 spiro atoms. The Bertz CT molecular complexity index is 450. The zero-order chi connectivity index (χ0) is 15.7. The number of aliphatic carboxylic acids is 1. The van der Waals surface area contributed by atoms with Crippen molar-refractivity contribution in [2.45, 2.75) is 24.8 Å². The van der Waals surface area contributed by atoms with Crippen molar-refractivity contribution >= 4 is 11.9 Å². The molecule has 1 rings (SSSR count). The average molecular weight is 294 g/mol. The molecule has 1 aromatic carbocycles. The summed E-state index contributed by atoms with van der Waals surface area (Å²) in [5.41, 5.74) is 6.43. The smallest absolute Gasteiger partial charge is 0.326 e. The molecule has 0 bridgehead atoms. The number of carboxylic acids is 1. The first kappa shape index (κ1) is 17.1. The Morgan fingerprint density at radius 1 is 1.33 bits per heavy atom. The number of hydrogen-bond donors (Lipinski definition) is 3. The number of nitrogens with two attached hydrogens (primary N) is 1. The van der Waals surface area contributed by atoms with Gasteiger partial charge in [-0.05, 0) is 18.4 Å². The first-order valence-corrected chi connectivity index (χ1v) is 6.87. The van der Waals surface area contributed by atoms with Crippen molar-refractivity contribution < 1.29 is 19.4 Å². The maximum absolute atomic E-state index is 12.2. The van der Waals surface area contributed by atoms with E-state index in [2.05, 4.69) is 5.32 Å². The Hall–Kier alpha value is -1.92. The van der Waals surface area contributed by atoms with Gasteiger partial charge in [0.05, 0.1) is 5.92 Å². The molecule has 1 amide bonds. The highest BCUT2D eigenvalue weighted by atomic mass is 16.5. The lowest BCUT2D eigenvalue weighted by molar-refractivity contribution is -0.142. The van der Waals surface area contributed by atoms with Gasteiger partial charge in [-0.25, -0.2) is 4.79 Å². The van der Waals surface area contributed by atoms with Crippen LogP contribution in [0.15, 0.2) is 30.3 Å². The van der Waals surface area contributed by atoms with Crippen LogP contribution in [0.4, 0.5) is 0 Å². The minimum atomic E-state index is -1.05. The van der Waals surface area contributed by atoms with E-state index < -0.39 is 17.9 Å². The number of nitrogens with one attached hydrogen (secondary N) is 1. The van der Waals surface area contributed by atoms with Crippen LogP contribution in [0.3, 0.4) is 0 Å². The third-order valence-electron chi connectivity index (χ3n) is 3.21. The first-order valence-electron chi connectivity index (χ1n) is 6.87. The van der Waals surface area contributed by atoms with Crippen LogP contribution in [0.1, 0.15) is 24.3 Å². The Morgan fingerprint density at radius 3 is 2.52 bits per heavy atom. The van der Waals surface area contributed by atoms with E-state index >= 15 is 0 Å². The summed E-state index contributed by atoms with van der Waals surface area (Å²) in [6.45, 7) is 0.582. The van der Waals surface area contributed by atoms with E-state index in [0.29, 0.717) is 19.4 Å². The standard InChI is InChI=1S/C15H22N2O4/c1-21-9-5-8-13(15(19)20)17-14(18)12(10-16)11-6-3-2-4-7-11/h2-4,6-7,12-13H,5,8-10,16H2,1H3,(H,17,18)(H,19,20). The Balaban J connectivity index is 2.68. The molecule has 0 aliphatic rings. The monoisotopic (exact) mass is 294 g/mol. The third-order valence-corrected chi connectivity index (χ3v) is 3.21. The summed E-state index contributed by atoms with van der Waals surface area (Å²) in [7, 11) is 1.55. The molecule has 0 fully saturated rings. The van der Waals surface area contributed by atoms with E-state index in [9.17, 15) is 9.59 Å². The van der Waals surface area contributed by atoms with Crippen LogP contribution in [0, 0.1) is 0 Å². The fourth-order valence-corrected chi connectivity index (χ4v) is 2.04. The molecule has 0 aromatic heterocycles. The van der Waals surface area contributed by atoms with Gasteiger partial charge in [-0.3, -0.25) is 4.79 Å². The summed E-state index contributed by atoms with van der Waals surface area (Å²) in [6, 6.07) is 8.16.